The normalized spacial score (nSPS) is 15.8. The van der Waals surface area contributed by atoms with Crippen molar-refractivity contribution >= 4 is 39.5 Å². The van der Waals surface area contributed by atoms with Gasteiger partial charge in [-0.2, -0.15) is 14.6 Å². The molecule has 0 bridgehead atoms. The van der Waals surface area contributed by atoms with Crippen LogP contribution in [0.25, 0.3) is 28.1 Å². The molecule has 10 nitrogen and oxygen atoms in total. The Morgan fingerprint density at radius 3 is 2.69 bits per heavy atom. The van der Waals surface area contributed by atoms with Crippen LogP contribution in [0.15, 0.2) is 58.3 Å². The Morgan fingerprint density at radius 1 is 1.14 bits per heavy atom. The lowest BCUT2D eigenvalue weighted by Gasteiger charge is -2.36. The van der Waals surface area contributed by atoms with Crippen molar-refractivity contribution in [1.29, 1.82) is 0 Å². The van der Waals surface area contributed by atoms with Crippen molar-refractivity contribution in [2.45, 2.75) is 11.4 Å². The number of nitrogens with two attached hydrogens (primary N) is 1. The highest BCUT2D eigenvalue weighted by atomic mass is 32.2. The number of fused-ring (bicyclic) bond motifs is 3. The van der Waals surface area contributed by atoms with Crippen LogP contribution in [0.2, 0.25) is 0 Å². The third kappa shape index (κ3) is 4.06. The van der Waals surface area contributed by atoms with Crippen LogP contribution in [-0.2, 0) is 17.7 Å². The second-order valence-corrected chi connectivity index (χ2v) is 10.2. The van der Waals surface area contributed by atoms with Gasteiger partial charge in [0.2, 0.25) is 5.95 Å². The van der Waals surface area contributed by atoms with E-state index in [1.807, 2.05) is 27.7 Å². The van der Waals surface area contributed by atoms with E-state index < -0.39 is 11.2 Å². The van der Waals surface area contributed by atoms with Gasteiger partial charge in [-0.25, -0.2) is 9.37 Å². The van der Waals surface area contributed by atoms with Crippen LogP contribution in [0.4, 0.5) is 16.0 Å². The number of piperazine rings is 1. The van der Waals surface area contributed by atoms with Gasteiger partial charge in [-0.1, -0.05) is 0 Å². The fourth-order valence-electron chi connectivity index (χ4n) is 4.65. The molecule has 2 N–H and O–H groups in total. The van der Waals surface area contributed by atoms with Crippen LogP contribution >= 0.6 is 0 Å². The Bertz CT molecular complexity index is 1520. The van der Waals surface area contributed by atoms with Crippen molar-refractivity contribution in [3.8, 4) is 11.5 Å². The van der Waals surface area contributed by atoms with Gasteiger partial charge in [0.1, 0.15) is 23.0 Å². The molecule has 0 radical (unpaired) electrons. The van der Waals surface area contributed by atoms with Gasteiger partial charge >= 0.3 is 0 Å². The first-order valence-corrected chi connectivity index (χ1v) is 13.2. The van der Waals surface area contributed by atoms with Crippen molar-refractivity contribution in [2.24, 2.45) is 0 Å². The van der Waals surface area contributed by atoms with E-state index in [4.69, 9.17) is 10.2 Å². The molecule has 36 heavy (non-hydrogen) atoms. The topological polar surface area (TPSA) is 117 Å². The molecule has 1 aliphatic heterocycles. The van der Waals surface area contributed by atoms with E-state index in [9.17, 15) is 8.94 Å². The van der Waals surface area contributed by atoms with Gasteiger partial charge in [-0.3, -0.25) is 4.90 Å². The van der Waals surface area contributed by atoms with Gasteiger partial charge in [-0.05, 0) is 41.5 Å². The molecule has 5 aromatic rings. The number of imidazole rings is 1. The minimum Gasteiger partial charge on any atom is -0.612 e. The van der Waals surface area contributed by atoms with Crippen molar-refractivity contribution < 1.29 is 13.4 Å². The highest BCUT2D eigenvalue weighted by molar-refractivity contribution is 7.90. The van der Waals surface area contributed by atoms with Crippen molar-refractivity contribution in [3.63, 3.8) is 0 Å². The predicted molar refractivity (Wildman–Crippen MR) is 136 cm³/mol. The van der Waals surface area contributed by atoms with Crippen LogP contribution in [0.3, 0.4) is 0 Å². The van der Waals surface area contributed by atoms with E-state index in [1.54, 1.807) is 35.5 Å². The summed E-state index contributed by atoms with van der Waals surface area (Å²) >= 11 is -1.20. The molecule has 0 unspecified atom stereocenters. The Kier molecular flexibility index (Phi) is 5.78. The molecule has 0 amide bonds. The molecule has 1 fully saturated rings. The van der Waals surface area contributed by atoms with Gasteiger partial charge in [0, 0.05) is 45.3 Å². The molecular formula is C24H25FN8O2S. The molecule has 5 heterocycles. The van der Waals surface area contributed by atoms with E-state index in [0.29, 0.717) is 47.3 Å². The minimum atomic E-state index is -1.20. The molecule has 186 valence electrons. The van der Waals surface area contributed by atoms with E-state index in [0.717, 1.165) is 30.7 Å². The van der Waals surface area contributed by atoms with E-state index in [2.05, 4.69) is 20.0 Å². The molecule has 0 spiro atoms. The third-order valence-corrected chi connectivity index (χ3v) is 7.51. The molecule has 1 saturated heterocycles. The molecular weight excluding hydrogens is 483 g/mol. The SMILES string of the molecule is C[S@@+]([O-])c1ccc(N2CCN(CCn3cnc4c3nc(N)n3nc(-c5ccco5)cc43)CC2)c(F)c1. The fraction of sp³-hybridized carbons (Fsp3) is 0.292. The average molecular weight is 509 g/mol. The summed E-state index contributed by atoms with van der Waals surface area (Å²) in [5.41, 5.74) is 9.66. The Labute approximate surface area is 209 Å². The first-order valence-electron chi connectivity index (χ1n) is 11.6. The summed E-state index contributed by atoms with van der Waals surface area (Å²) in [6.45, 7) is 4.55. The number of hydrogen-bond acceptors (Lipinski definition) is 8. The summed E-state index contributed by atoms with van der Waals surface area (Å²) in [4.78, 5) is 14.0. The van der Waals surface area contributed by atoms with Gasteiger partial charge in [-0.15, -0.1) is 0 Å². The summed E-state index contributed by atoms with van der Waals surface area (Å²) < 4.78 is 35.2. The lowest BCUT2D eigenvalue weighted by molar-refractivity contribution is 0.248. The highest BCUT2D eigenvalue weighted by Gasteiger charge is 2.22. The Hall–Kier alpha value is -3.61. The number of aromatic nitrogens is 5. The van der Waals surface area contributed by atoms with E-state index >= 15 is 0 Å². The van der Waals surface area contributed by atoms with Crippen LogP contribution in [-0.4, -0.2) is 72.6 Å². The van der Waals surface area contributed by atoms with Gasteiger partial charge < -0.3 is 24.2 Å². The molecule has 0 saturated carbocycles. The van der Waals surface area contributed by atoms with Gasteiger partial charge in [0.05, 0.1) is 18.3 Å². The van der Waals surface area contributed by atoms with Crippen LogP contribution in [0.5, 0.6) is 0 Å². The summed E-state index contributed by atoms with van der Waals surface area (Å²) in [6, 6.07) is 10.4. The zero-order valence-electron chi connectivity index (χ0n) is 19.7. The third-order valence-electron chi connectivity index (χ3n) is 6.59. The zero-order valence-corrected chi connectivity index (χ0v) is 20.5. The predicted octanol–water partition coefficient (Wildman–Crippen LogP) is 2.62. The minimum absolute atomic E-state index is 0.283. The number of benzene rings is 1. The van der Waals surface area contributed by atoms with Gasteiger partial charge in [0.15, 0.2) is 22.1 Å². The smallest absolute Gasteiger partial charge is 0.223 e. The number of furan rings is 1. The fourth-order valence-corrected chi connectivity index (χ4v) is 5.18. The number of halogens is 1. The standard InChI is InChI=1S/C24H25FN8O2S/c1-36(34)16-4-5-19(17(25)13-16)31-9-6-30(7-10-31)8-11-32-15-27-22-20-14-18(21-3-2-12-35-21)29-33(20)24(26)28-23(22)32/h2-5,12-15H,6-11H2,1H3,(H2,26,28)/t36-/m1/s1. The lowest BCUT2D eigenvalue weighted by atomic mass is 10.2. The molecule has 6 rings (SSSR count). The average Bonchev–Trinajstić information content (AvgIpc) is 3.63. The monoisotopic (exact) mass is 508 g/mol. The van der Waals surface area contributed by atoms with Crippen LogP contribution in [0.1, 0.15) is 0 Å². The summed E-state index contributed by atoms with van der Waals surface area (Å²) in [5, 5.41) is 4.52. The number of anilines is 2. The Balaban J connectivity index is 1.14. The van der Waals surface area contributed by atoms with Gasteiger partial charge in [0.25, 0.3) is 0 Å². The van der Waals surface area contributed by atoms with Crippen molar-refractivity contribution in [2.75, 3.05) is 49.6 Å². The quantitative estimate of drug-likeness (QED) is 0.348. The maximum Gasteiger partial charge on any atom is 0.223 e. The molecule has 12 heteroatoms. The van der Waals surface area contributed by atoms with Crippen LogP contribution in [0, 0.1) is 5.82 Å². The highest BCUT2D eigenvalue weighted by Crippen LogP contribution is 2.26. The van der Waals surface area contributed by atoms with Crippen molar-refractivity contribution in [3.05, 3.63) is 54.8 Å². The summed E-state index contributed by atoms with van der Waals surface area (Å²) in [6.07, 6.45) is 4.94. The largest absolute Gasteiger partial charge is 0.612 e. The first kappa shape index (κ1) is 22.8. The molecule has 0 aliphatic carbocycles. The van der Waals surface area contributed by atoms with Crippen molar-refractivity contribution in [1.82, 2.24) is 29.0 Å². The number of hydrogen-bond donors (Lipinski definition) is 1. The summed E-state index contributed by atoms with van der Waals surface area (Å²) in [7, 11) is 0. The lowest BCUT2D eigenvalue weighted by Crippen LogP contribution is -2.47. The molecule has 1 aromatic carbocycles. The maximum atomic E-state index is 14.6. The number of nitrogens with zero attached hydrogens (tertiary/aromatic N) is 7. The zero-order chi connectivity index (χ0) is 24.8. The second kappa shape index (κ2) is 9.12. The second-order valence-electron chi connectivity index (χ2n) is 8.78. The van der Waals surface area contributed by atoms with Crippen LogP contribution < -0.4 is 10.6 Å². The Morgan fingerprint density at radius 2 is 1.97 bits per heavy atom. The maximum absolute atomic E-state index is 14.6. The summed E-state index contributed by atoms with van der Waals surface area (Å²) in [5.74, 6) is 0.609. The molecule has 4 aromatic heterocycles. The molecule has 1 atom stereocenters. The first-order chi connectivity index (χ1) is 17.5. The van der Waals surface area contributed by atoms with E-state index in [-0.39, 0.29) is 11.8 Å². The number of nitrogen functional groups attached to an aromatic ring is 1. The van der Waals surface area contributed by atoms with E-state index in [1.165, 1.54) is 6.07 Å². The number of rotatable bonds is 6. The molecule has 1 aliphatic rings.